The molecule has 0 radical (unpaired) electrons. The van der Waals surface area contributed by atoms with Crippen LogP contribution in [-0.2, 0) is 6.42 Å². The topological polar surface area (TPSA) is 20.2 Å². The quantitative estimate of drug-likeness (QED) is 0.828. The standard InChI is InChI=1S/C18H28O/c1-13(2)12-15-6-10-17(11-7-15)18(19)16-8-4-14(3)5-9-16/h6-7,10-11,13-14,16,18-19H,4-5,8-9,12H2,1-3H3. The van der Waals surface area contributed by atoms with Crippen LogP contribution in [0.2, 0.25) is 0 Å². The average molecular weight is 260 g/mol. The third-order valence-electron chi connectivity index (χ3n) is 4.47. The summed E-state index contributed by atoms with van der Waals surface area (Å²) in [6.45, 7) is 6.81. The highest BCUT2D eigenvalue weighted by atomic mass is 16.3. The second kappa shape index (κ2) is 6.56. The minimum absolute atomic E-state index is 0.263. The molecule has 1 atom stereocenters. The molecule has 1 fully saturated rings. The molecule has 0 saturated heterocycles. The van der Waals surface area contributed by atoms with Gasteiger partial charge in [0.2, 0.25) is 0 Å². The van der Waals surface area contributed by atoms with E-state index in [1.165, 1.54) is 31.2 Å². The van der Waals surface area contributed by atoms with E-state index in [2.05, 4.69) is 45.0 Å². The van der Waals surface area contributed by atoms with Gasteiger partial charge in [-0.25, -0.2) is 0 Å². The van der Waals surface area contributed by atoms with Gasteiger partial charge in [-0.05, 0) is 48.1 Å². The van der Waals surface area contributed by atoms with Gasteiger partial charge in [0, 0.05) is 0 Å². The van der Waals surface area contributed by atoms with Crippen molar-refractivity contribution in [2.45, 2.75) is 59.0 Å². The van der Waals surface area contributed by atoms with Crippen molar-refractivity contribution in [3.05, 3.63) is 35.4 Å². The lowest BCUT2D eigenvalue weighted by Gasteiger charge is -2.30. The Morgan fingerprint density at radius 2 is 1.63 bits per heavy atom. The fourth-order valence-corrected chi connectivity index (χ4v) is 3.20. The summed E-state index contributed by atoms with van der Waals surface area (Å²) in [4.78, 5) is 0. The maximum Gasteiger partial charge on any atom is 0.0818 e. The molecule has 0 aliphatic heterocycles. The second-order valence-electron chi connectivity index (χ2n) is 6.80. The van der Waals surface area contributed by atoms with Crippen molar-refractivity contribution in [2.75, 3.05) is 0 Å². The molecule has 1 aromatic rings. The molecule has 1 N–H and O–H groups in total. The van der Waals surface area contributed by atoms with Crippen molar-refractivity contribution >= 4 is 0 Å². The normalized spacial score (nSPS) is 25.5. The van der Waals surface area contributed by atoms with Gasteiger partial charge in [-0.15, -0.1) is 0 Å². The number of aliphatic hydroxyl groups excluding tert-OH is 1. The molecule has 1 nitrogen and oxygen atoms in total. The fraction of sp³-hybridized carbons (Fsp3) is 0.667. The summed E-state index contributed by atoms with van der Waals surface area (Å²) >= 11 is 0. The van der Waals surface area contributed by atoms with Gasteiger partial charge in [-0.3, -0.25) is 0 Å². The Morgan fingerprint density at radius 1 is 1.05 bits per heavy atom. The molecule has 2 rings (SSSR count). The minimum Gasteiger partial charge on any atom is -0.388 e. The molecule has 1 heteroatoms. The highest BCUT2D eigenvalue weighted by molar-refractivity contribution is 5.25. The van der Waals surface area contributed by atoms with E-state index < -0.39 is 0 Å². The zero-order valence-corrected chi connectivity index (χ0v) is 12.6. The first-order valence-electron chi connectivity index (χ1n) is 7.83. The molecule has 106 valence electrons. The predicted molar refractivity (Wildman–Crippen MR) is 81.1 cm³/mol. The lowest BCUT2D eigenvalue weighted by molar-refractivity contribution is 0.0755. The molecule has 0 aromatic heterocycles. The van der Waals surface area contributed by atoms with Crippen molar-refractivity contribution < 1.29 is 5.11 Å². The van der Waals surface area contributed by atoms with Crippen LogP contribution in [0.25, 0.3) is 0 Å². The number of aliphatic hydroxyl groups is 1. The molecule has 19 heavy (non-hydrogen) atoms. The van der Waals surface area contributed by atoms with Crippen LogP contribution in [0.15, 0.2) is 24.3 Å². The third kappa shape index (κ3) is 4.07. The lowest BCUT2D eigenvalue weighted by atomic mass is 9.78. The summed E-state index contributed by atoms with van der Waals surface area (Å²) in [5.74, 6) is 2.00. The Bertz CT molecular complexity index is 371. The van der Waals surface area contributed by atoms with Crippen molar-refractivity contribution in [2.24, 2.45) is 17.8 Å². The second-order valence-corrected chi connectivity index (χ2v) is 6.80. The first kappa shape index (κ1) is 14.6. The highest BCUT2D eigenvalue weighted by Crippen LogP contribution is 2.36. The van der Waals surface area contributed by atoms with E-state index in [1.807, 2.05) is 0 Å². The van der Waals surface area contributed by atoms with Gasteiger partial charge in [0.25, 0.3) is 0 Å². The van der Waals surface area contributed by atoms with Gasteiger partial charge >= 0.3 is 0 Å². The molecular weight excluding hydrogens is 232 g/mol. The van der Waals surface area contributed by atoms with E-state index in [0.29, 0.717) is 11.8 Å². The first-order chi connectivity index (χ1) is 9.06. The number of hydrogen-bond acceptors (Lipinski definition) is 1. The number of rotatable bonds is 4. The SMILES string of the molecule is CC(C)Cc1ccc(C(O)C2CCC(C)CC2)cc1. The summed E-state index contributed by atoms with van der Waals surface area (Å²) in [6.07, 6.45) is 5.75. The maximum absolute atomic E-state index is 10.5. The van der Waals surface area contributed by atoms with Crippen molar-refractivity contribution in [3.63, 3.8) is 0 Å². The van der Waals surface area contributed by atoms with E-state index in [9.17, 15) is 5.11 Å². The van der Waals surface area contributed by atoms with Crippen LogP contribution >= 0.6 is 0 Å². The molecule has 1 saturated carbocycles. The van der Waals surface area contributed by atoms with Crippen LogP contribution in [0, 0.1) is 17.8 Å². The zero-order chi connectivity index (χ0) is 13.8. The fourth-order valence-electron chi connectivity index (χ4n) is 3.20. The molecule has 1 aliphatic carbocycles. The number of benzene rings is 1. The summed E-state index contributed by atoms with van der Waals surface area (Å²) < 4.78 is 0. The summed E-state index contributed by atoms with van der Waals surface area (Å²) in [5.41, 5.74) is 2.48. The molecule has 0 bridgehead atoms. The molecule has 0 amide bonds. The van der Waals surface area contributed by atoms with E-state index in [1.54, 1.807) is 0 Å². The Balaban J connectivity index is 1.97. The largest absolute Gasteiger partial charge is 0.388 e. The summed E-state index contributed by atoms with van der Waals surface area (Å²) in [5, 5.41) is 10.5. The highest BCUT2D eigenvalue weighted by Gasteiger charge is 2.25. The van der Waals surface area contributed by atoms with Gasteiger partial charge in [0.05, 0.1) is 6.10 Å². The van der Waals surface area contributed by atoms with Gasteiger partial charge in [0.1, 0.15) is 0 Å². The smallest absolute Gasteiger partial charge is 0.0818 e. The average Bonchev–Trinajstić information content (AvgIpc) is 2.39. The van der Waals surface area contributed by atoms with E-state index in [4.69, 9.17) is 0 Å². The van der Waals surface area contributed by atoms with Crippen molar-refractivity contribution in [3.8, 4) is 0 Å². The Hall–Kier alpha value is -0.820. The van der Waals surface area contributed by atoms with Crippen molar-refractivity contribution in [1.29, 1.82) is 0 Å². The van der Waals surface area contributed by atoms with Gasteiger partial charge in [-0.2, -0.15) is 0 Å². The molecular formula is C18H28O. The minimum atomic E-state index is -0.263. The first-order valence-corrected chi connectivity index (χ1v) is 7.83. The van der Waals surface area contributed by atoms with Crippen LogP contribution in [0.1, 0.15) is 63.7 Å². The van der Waals surface area contributed by atoms with Crippen LogP contribution in [0.4, 0.5) is 0 Å². The predicted octanol–water partition coefficient (Wildman–Crippen LogP) is 4.74. The zero-order valence-electron chi connectivity index (χ0n) is 12.6. The Kier molecular flexibility index (Phi) is 5.04. The Labute approximate surface area is 118 Å². The van der Waals surface area contributed by atoms with Crippen LogP contribution < -0.4 is 0 Å². The molecule has 1 unspecified atom stereocenters. The third-order valence-corrected chi connectivity index (χ3v) is 4.47. The van der Waals surface area contributed by atoms with E-state index >= 15 is 0 Å². The molecule has 1 aliphatic rings. The molecule has 1 aromatic carbocycles. The van der Waals surface area contributed by atoms with E-state index in [-0.39, 0.29) is 6.10 Å². The van der Waals surface area contributed by atoms with Gasteiger partial charge in [0.15, 0.2) is 0 Å². The molecule has 0 heterocycles. The van der Waals surface area contributed by atoms with Gasteiger partial charge in [-0.1, -0.05) is 57.9 Å². The van der Waals surface area contributed by atoms with Crippen LogP contribution in [0.5, 0.6) is 0 Å². The van der Waals surface area contributed by atoms with Crippen LogP contribution in [-0.4, -0.2) is 5.11 Å². The summed E-state index contributed by atoms with van der Waals surface area (Å²) in [7, 11) is 0. The Morgan fingerprint density at radius 3 is 2.16 bits per heavy atom. The maximum atomic E-state index is 10.5. The molecule has 0 spiro atoms. The summed E-state index contributed by atoms with van der Waals surface area (Å²) in [6, 6.07) is 8.62. The lowest BCUT2D eigenvalue weighted by Crippen LogP contribution is -2.19. The monoisotopic (exact) mass is 260 g/mol. The van der Waals surface area contributed by atoms with Gasteiger partial charge < -0.3 is 5.11 Å². The van der Waals surface area contributed by atoms with Crippen LogP contribution in [0.3, 0.4) is 0 Å². The number of hydrogen-bond donors (Lipinski definition) is 1. The van der Waals surface area contributed by atoms with Crippen molar-refractivity contribution in [1.82, 2.24) is 0 Å². The van der Waals surface area contributed by atoms with E-state index in [0.717, 1.165) is 17.9 Å².